The lowest BCUT2D eigenvalue weighted by atomic mass is 10.1. The first-order valence-corrected chi connectivity index (χ1v) is 22.4. The van der Waals surface area contributed by atoms with E-state index in [4.69, 9.17) is 24.1 Å². The topological polar surface area (TPSA) is 119 Å². The van der Waals surface area contributed by atoms with Crippen molar-refractivity contribution in [1.82, 2.24) is 9.97 Å². The summed E-state index contributed by atoms with van der Waals surface area (Å²) in [6, 6.07) is 42.4. The minimum atomic E-state index is -3.07. The van der Waals surface area contributed by atoms with Gasteiger partial charge in [0.1, 0.15) is 27.8 Å². The monoisotopic (exact) mass is 840 g/mol. The minimum absolute atomic E-state index is 0.125. The highest BCUT2D eigenvalue weighted by Crippen LogP contribution is 2.51. The van der Waals surface area contributed by atoms with Crippen LogP contribution in [-0.4, -0.2) is 39.7 Å². The summed E-state index contributed by atoms with van der Waals surface area (Å²) in [5.74, 6) is 0.406. The predicted octanol–water partition coefficient (Wildman–Crippen LogP) is 13.4. The zero-order valence-corrected chi connectivity index (χ0v) is 35.8. The summed E-state index contributed by atoms with van der Waals surface area (Å²) in [5, 5.41) is 20.3. The highest BCUT2D eigenvalue weighted by Gasteiger charge is 2.24. The molecule has 0 atom stereocenters. The van der Waals surface area contributed by atoms with Crippen LogP contribution >= 0.6 is 30.3 Å². The number of rotatable bonds is 11. The van der Waals surface area contributed by atoms with Gasteiger partial charge in [0.05, 0.1) is 39.8 Å². The second-order valence-electron chi connectivity index (χ2n) is 13.5. The van der Waals surface area contributed by atoms with E-state index < -0.39 is 7.60 Å². The lowest BCUT2D eigenvalue weighted by Crippen LogP contribution is -1.99. The average Bonchev–Trinajstić information content (AvgIpc) is 3.85. The number of aldehydes is 1. The molecule has 8 nitrogen and oxygen atoms in total. The fourth-order valence-electron chi connectivity index (χ4n) is 5.96. The van der Waals surface area contributed by atoms with E-state index in [9.17, 15) is 14.5 Å². The minimum Gasteiger partial charge on any atom is -0.508 e. The molecule has 0 unspecified atom stereocenters. The summed E-state index contributed by atoms with van der Waals surface area (Å²) in [5.41, 5.74) is 10.3. The first-order chi connectivity index (χ1) is 28.5. The Bertz CT molecular complexity index is 2710. The molecule has 300 valence electrons. The van der Waals surface area contributed by atoms with E-state index in [0.717, 1.165) is 48.9 Å². The Morgan fingerprint density at radius 3 is 1.54 bits per heavy atom. The third kappa shape index (κ3) is 12.1. The number of carbonyl (C=O) groups is 1. The summed E-state index contributed by atoms with van der Waals surface area (Å²) in [4.78, 5) is 19.5. The molecular weight excluding hydrogens is 796 g/mol. The molecule has 59 heavy (non-hydrogen) atoms. The highest BCUT2D eigenvalue weighted by atomic mass is 32.1. The van der Waals surface area contributed by atoms with Crippen molar-refractivity contribution >= 4 is 69.1 Å². The van der Waals surface area contributed by atoms with Crippen LogP contribution in [0.1, 0.15) is 52.0 Å². The fourth-order valence-corrected chi connectivity index (χ4v) is 9.81. The highest BCUT2D eigenvalue weighted by molar-refractivity contribution is 7.53. The number of carbonyl (C=O) groups excluding carboxylic acids is 1. The van der Waals surface area contributed by atoms with Gasteiger partial charge in [-0.25, -0.2) is 9.97 Å². The Hall–Kier alpha value is -5.74. The number of hydrogen-bond acceptors (Lipinski definition) is 10. The van der Waals surface area contributed by atoms with Gasteiger partial charge in [-0.1, -0.05) is 97.1 Å². The molecule has 0 aliphatic carbocycles. The number of nitrogens with zero attached hydrogens (tertiary/aromatic N) is 2. The molecule has 0 saturated carbocycles. The van der Waals surface area contributed by atoms with Crippen LogP contribution in [0.2, 0.25) is 0 Å². The van der Waals surface area contributed by atoms with E-state index in [1.807, 2.05) is 62.4 Å². The number of phenols is 2. The summed E-state index contributed by atoms with van der Waals surface area (Å²) in [6.45, 7) is 8.59. The van der Waals surface area contributed by atoms with Crippen LogP contribution in [0.3, 0.4) is 0 Å². The number of hydrogen-bond donors (Lipinski definition) is 2. The summed E-state index contributed by atoms with van der Waals surface area (Å²) in [6.07, 6.45) is 5.02. The lowest BCUT2D eigenvalue weighted by Gasteiger charge is -2.17. The van der Waals surface area contributed by atoms with Gasteiger partial charge in [-0.2, -0.15) is 0 Å². The third-order valence-corrected chi connectivity index (χ3v) is 13.0. The zero-order chi connectivity index (χ0) is 41.8. The van der Waals surface area contributed by atoms with Gasteiger partial charge in [0.15, 0.2) is 0 Å². The van der Waals surface area contributed by atoms with E-state index in [1.54, 1.807) is 46.9 Å². The number of fused-ring (bicyclic) bond motifs is 2. The van der Waals surface area contributed by atoms with Crippen molar-refractivity contribution in [3.63, 3.8) is 0 Å². The number of aromatic nitrogens is 2. The first-order valence-electron chi connectivity index (χ1n) is 19.1. The quantitative estimate of drug-likeness (QED) is 0.0751. The molecule has 6 aromatic carbocycles. The van der Waals surface area contributed by atoms with E-state index in [0.29, 0.717) is 25.1 Å². The Labute approximate surface area is 352 Å². The maximum Gasteiger partial charge on any atom is 0.335 e. The molecule has 11 heteroatoms. The van der Waals surface area contributed by atoms with E-state index in [1.165, 1.54) is 32.7 Å². The molecule has 0 spiro atoms. The van der Waals surface area contributed by atoms with Crippen LogP contribution in [0.4, 0.5) is 0 Å². The Balaban J connectivity index is 0.000000164. The molecule has 0 saturated heterocycles. The van der Waals surface area contributed by atoms with Crippen LogP contribution in [0.15, 0.2) is 133 Å². The third-order valence-electron chi connectivity index (χ3n) is 8.82. The SMILES string of the molecule is CCOP(=O)(Cc1ccc(-c2nc3ccc(C)cc3s2)cc1)OCC.Cc1ccc2nc(-c3ccc(/C=C/c4cccc(O)c4)cc3)sc2c1.O=Cc1cccc(O)c1. The molecule has 0 amide bonds. The largest absolute Gasteiger partial charge is 0.508 e. The number of thiazole rings is 2. The van der Waals surface area contributed by atoms with Crippen LogP contribution in [0, 0.1) is 13.8 Å². The maximum atomic E-state index is 12.6. The smallest absolute Gasteiger partial charge is 0.335 e. The van der Waals surface area contributed by atoms with Gasteiger partial charge in [0.2, 0.25) is 0 Å². The zero-order valence-electron chi connectivity index (χ0n) is 33.2. The summed E-state index contributed by atoms with van der Waals surface area (Å²) < 4.78 is 25.8. The normalized spacial score (nSPS) is 11.3. The van der Waals surface area contributed by atoms with Crippen molar-refractivity contribution in [2.75, 3.05) is 13.2 Å². The van der Waals surface area contributed by atoms with Crippen LogP contribution in [0.25, 0.3) is 53.7 Å². The molecule has 2 heterocycles. The Kier molecular flexibility index (Phi) is 14.7. The van der Waals surface area contributed by atoms with Crippen molar-refractivity contribution in [2.45, 2.75) is 33.9 Å². The Morgan fingerprint density at radius 1 is 0.593 bits per heavy atom. The van der Waals surface area contributed by atoms with Crippen LogP contribution in [-0.2, 0) is 19.8 Å². The van der Waals surface area contributed by atoms with Gasteiger partial charge < -0.3 is 19.3 Å². The molecule has 0 bridgehead atoms. The van der Waals surface area contributed by atoms with Gasteiger partial charge in [-0.3, -0.25) is 9.36 Å². The van der Waals surface area contributed by atoms with Crippen molar-refractivity contribution in [1.29, 1.82) is 0 Å². The second-order valence-corrected chi connectivity index (χ2v) is 17.7. The lowest BCUT2D eigenvalue weighted by molar-refractivity contribution is 0.112. The molecule has 8 aromatic rings. The molecule has 8 rings (SSSR count). The Morgan fingerprint density at radius 2 is 1.07 bits per heavy atom. The van der Waals surface area contributed by atoms with Gasteiger partial charge >= 0.3 is 7.60 Å². The van der Waals surface area contributed by atoms with Crippen molar-refractivity contribution in [3.8, 4) is 32.6 Å². The van der Waals surface area contributed by atoms with Crippen LogP contribution < -0.4 is 0 Å². The fraction of sp³-hybridized carbons (Fsp3) is 0.146. The molecular formula is C48H45N2O6PS2. The van der Waals surface area contributed by atoms with E-state index >= 15 is 0 Å². The van der Waals surface area contributed by atoms with E-state index in [-0.39, 0.29) is 17.7 Å². The molecule has 0 aliphatic rings. The van der Waals surface area contributed by atoms with Gasteiger partial charge in [-0.15, -0.1) is 22.7 Å². The standard InChI is InChI=1S/C22H17NOS.C19H22NO3PS.C7H6O2/c1-15-5-12-20-21(13-15)25-22(23-20)18-10-8-16(9-11-18)6-7-17-3-2-4-19(24)14-17;1-4-22-24(21,23-5-2)13-15-7-9-16(10-8-15)19-20-17-11-6-14(3)12-18(17)25-19;8-5-6-2-1-3-7(9)4-6/h2-14,24H,1H3;6-12H,4-5,13H2,1-3H3;1-5,9H/b7-6+;;. The van der Waals surface area contributed by atoms with Crippen LogP contribution in [0.5, 0.6) is 11.5 Å². The van der Waals surface area contributed by atoms with Crippen molar-refractivity contribution in [3.05, 3.63) is 167 Å². The molecule has 0 aliphatic heterocycles. The average molecular weight is 841 g/mol. The number of aryl methyl sites for hydroxylation is 2. The van der Waals surface area contributed by atoms with E-state index in [2.05, 4.69) is 74.5 Å². The van der Waals surface area contributed by atoms with Gasteiger partial charge in [0.25, 0.3) is 0 Å². The number of benzene rings is 6. The van der Waals surface area contributed by atoms with Gasteiger partial charge in [0, 0.05) is 16.7 Å². The first kappa shape index (κ1) is 42.9. The van der Waals surface area contributed by atoms with Crippen molar-refractivity contribution < 1.29 is 28.6 Å². The molecule has 2 N–H and O–H groups in total. The predicted molar refractivity (Wildman–Crippen MR) is 245 cm³/mol. The van der Waals surface area contributed by atoms with Crippen molar-refractivity contribution in [2.24, 2.45) is 0 Å². The number of phenolic OH excluding ortho intramolecular Hbond substituents is 2. The number of aromatic hydroxyl groups is 2. The van der Waals surface area contributed by atoms with Gasteiger partial charge in [-0.05, 0) is 104 Å². The maximum absolute atomic E-state index is 12.6. The molecule has 2 aromatic heterocycles. The summed E-state index contributed by atoms with van der Waals surface area (Å²) in [7, 11) is -3.07. The molecule has 0 fully saturated rings. The second kappa shape index (κ2) is 20.3. The molecule has 0 radical (unpaired) electrons. The summed E-state index contributed by atoms with van der Waals surface area (Å²) >= 11 is 3.41.